The van der Waals surface area contributed by atoms with Gasteiger partial charge in [0.15, 0.2) is 0 Å². The lowest BCUT2D eigenvalue weighted by atomic mass is 9.73. The van der Waals surface area contributed by atoms with Crippen LogP contribution in [0.3, 0.4) is 0 Å². The molecule has 0 radical (unpaired) electrons. The van der Waals surface area contributed by atoms with Gasteiger partial charge < -0.3 is 4.74 Å². The normalized spacial score (nSPS) is 27.2. The van der Waals surface area contributed by atoms with E-state index in [2.05, 4.69) is 61.5 Å². The SMILES string of the molecule is COCC1CCC(C(C)CCCC2CCC(c3ccccc3-c3ccccc3)CC2)CC1. The van der Waals surface area contributed by atoms with Crippen LogP contribution in [-0.2, 0) is 4.74 Å². The maximum absolute atomic E-state index is 5.37. The molecular weight excluding hydrogens is 388 g/mol. The number of ether oxygens (including phenoxy) is 1. The Bertz CT molecular complexity index is 781. The van der Waals surface area contributed by atoms with Crippen molar-refractivity contribution >= 4 is 0 Å². The predicted octanol–water partition coefficient (Wildman–Crippen LogP) is 8.89. The summed E-state index contributed by atoms with van der Waals surface area (Å²) in [5, 5.41) is 0. The molecule has 0 N–H and O–H groups in total. The molecule has 0 spiro atoms. The second-order valence-electron chi connectivity index (χ2n) is 10.8. The molecule has 174 valence electrons. The quantitative estimate of drug-likeness (QED) is 0.384. The van der Waals surface area contributed by atoms with E-state index < -0.39 is 0 Å². The van der Waals surface area contributed by atoms with Crippen LogP contribution >= 0.6 is 0 Å². The van der Waals surface area contributed by atoms with Crippen LogP contribution in [0.4, 0.5) is 0 Å². The molecule has 1 nitrogen and oxygen atoms in total. The average Bonchev–Trinajstić information content (AvgIpc) is 2.86. The van der Waals surface area contributed by atoms with Crippen molar-refractivity contribution in [3.05, 3.63) is 60.2 Å². The lowest BCUT2D eigenvalue weighted by Crippen LogP contribution is -2.22. The summed E-state index contributed by atoms with van der Waals surface area (Å²) >= 11 is 0. The summed E-state index contributed by atoms with van der Waals surface area (Å²) < 4.78 is 5.37. The molecule has 0 saturated heterocycles. The van der Waals surface area contributed by atoms with Crippen LogP contribution in [0.25, 0.3) is 11.1 Å². The zero-order chi connectivity index (χ0) is 22.2. The van der Waals surface area contributed by atoms with E-state index in [1.165, 1.54) is 81.8 Å². The van der Waals surface area contributed by atoms with Crippen LogP contribution in [0.1, 0.15) is 89.0 Å². The van der Waals surface area contributed by atoms with Gasteiger partial charge in [-0.2, -0.15) is 0 Å². The minimum atomic E-state index is 0.740. The highest BCUT2D eigenvalue weighted by molar-refractivity contribution is 5.68. The van der Waals surface area contributed by atoms with Crippen molar-refractivity contribution in [3.8, 4) is 11.1 Å². The highest BCUT2D eigenvalue weighted by Crippen LogP contribution is 2.42. The Labute approximate surface area is 197 Å². The summed E-state index contributed by atoms with van der Waals surface area (Å²) in [7, 11) is 1.85. The fourth-order valence-electron chi connectivity index (χ4n) is 6.62. The fraction of sp³-hybridized carbons (Fsp3) is 0.613. The Morgan fingerprint density at radius 1 is 0.781 bits per heavy atom. The van der Waals surface area contributed by atoms with E-state index in [0.29, 0.717) is 0 Å². The maximum Gasteiger partial charge on any atom is 0.0490 e. The standard InChI is InChI=1S/C31H44O/c1-24(27-19-17-26(18-20-27)23-32-2)9-8-10-25-15-21-29(22-16-25)31-14-7-6-13-30(31)28-11-4-3-5-12-28/h3-7,11-14,24-27,29H,8-10,15-23H2,1-2H3. The summed E-state index contributed by atoms with van der Waals surface area (Å²) in [6, 6.07) is 20.1. The minimum Gasteiger partial charge on any atom is -0.384 e. The molecule has 1 atom stereocenters. The van der Waals surface area contributed by atoms with Gasteiger partial charge in [-0.15, -0.1) is 0 Å². The van der Waals surface area contributed by atoms with Gasteiger partial charge in [0, 0.05) is 13.7 Å². The lowest BCUT2D eigenvalue weighted by molar-refractivity contribution is 0.106. The Hall–Kier alpha value is -1.60. The number of benzene rings is 2. The van der Waals surface area contributed by atoms with Crippen LogP contribution in [-0.4, -0.2) is 13.7 Å². The van der Waals surface area contributed by atoms with Crippen molar-refractivity contribution in [2.75, 3.05) is 13.7 Å². The van der Waals surface area contributed by atoms with Crippen LogP contribution in [0.5, 0.6) is 0 Å². The molecule has 1 unspecified atom stereocenters. The van der Waals surface area contributed by atoms with Gasteiger partial charge in [0.25, 0.3) is 0 Å². The molecular formula is C31H44O. The zero-order valence-electron chi connectivity index (χ0n) is 20.5. The van der Waals surface area contributed by atoms with E-state index in [1.54, 1.807) is 5.56 Å². The molecule has 0 amide bonds. The topological polar surface area (TPSA) is 9.23 Å². The molecule has 4 rings (SSSR count). The summed E-state index contributed by atoms with van der Waals surface area (Å²) in [5.41, 5.74) is 4.40. The van der Waals surface area contributed by atoms with Gasteiger partial charge in [0.1, 0.15) is 0 Å². The van der Waals surface area contributed by atoms with Crippen LogP contribution in [0, 0.1) is 23.7 Å². The van der Waals surface area contributed by atoms with E-state index in [-0.39, 0.29) is 0 Å². The van der Waals surface area contributed by atoms with E-state index in [1.807, 2.05) is 7.11 Å². The smallest absolute Gasteiger partial charge is 0.0490 e. The van der Waals surface area contributed by atoms with E-state index in [0.717, 1.165) is 36.2 Å². The molecule has 2 aliphatic carbocycles. The van der Waals surface area contributed by atoms with Gasteiger partial charge in [0.05, 0.1) is 0 Å². The third-order valence-electron chi connectivity index (χ3n) is 8.70. The van der Waals surface area contributed by atoms with E-state index >= 15 is 0 Å². The number of rotatable bonds is 9. The Balaban J connectivity index is 1.20. The van der Waals surface area contributed by atoms with Gasteiger partial charge in [-0.1, -0.05) is 80.8 Å². The fourth-order valence-corrected chi connectivity index (χ4v) is 6.62. The number of hydrogen-bond donors (Lipinski definition) is 0. The first kappa shape index (κ1) is 23.6. The Kier molecular flexibility index (Phi) is 8.85. The second-order valence-corrected chi connectivity index (χ2v) is 10.8. The van der Waals surface area contributed by atoms with Crippen molar-refractivity contribution in [1.82, 2.24) is 0 Å². The average molecular weight is 433 g/mol. The molecule has 32 heavy (non-hydrogen) atoms. The molecule has 2 aromatic rings. The largest absolute Gasteiger partial charge is 0.384 e. The van der Waals surface area contributed by atoms with Gasteiger partial charge in [-0.05, 0) is 97.6 Å². The zero-order valence-corrected chi connectivity index (χ0v) is 20.5. The minimum absolute atomic E-state index is 0.740. The third-order valence-corrected chi connectivity index (χ3v) is 8.70. The van der Waals surface area contributed by atoms with Crippen molar-refractivity contribution in [2.45, 2.75) is 83.5 Å². The van der Waals surface area contributed by atoms with Crippen molar-refractivity contribution < 1.29 is 4.74 Å². The first-order valence-electron chi connectivity index (χ1n) is 13.4. The van der Waals surface area contributed by atoms with E-state index in [9.17, 15) is 0 Å². The summed E-state index contributed by atoms with van der Waals surface area (Å²) in [6.07, 6.45) is 15.6. The summed E-state index contributed by atoms with van der Waals surface area (Å²) in [5.74, 6) is 4.40. The predicted molar refractivity (Wildman–Crippen MR) is 137 cm³/mol. The highest BCUT2D eigenvalue weighted by atomic mass is 16.5. The van der Waals surface area contributed by atoms with Crippen molar-refractivity contribution in [1.29, 1.82) is 0 Å². The van der Waals surface area contributed by atoms with Crippen LogP contribution in [0.15, 0.2) is 54.6 Å². The molecule has 0 aromatic heterocycles. The molecule has 2 aliphatic rings. The first-order valence-corrected chi connectivity index (χ1v) is 13.4. The maximum atomic E-state index is 5.37. The Morgan fingerprint density at radius 2 is 1.44 bits per heavy atom. The van der Waals surface area contributed by atoms with Crippen molar-refractivity contribution in [3.63, 3.8) is 0 Å². The molecule has 2 fully saturated rings. The van der Waals surface area contributed by atoms with Gasteiger partial charge in [0.2, 0.25) is 0 Å². The van der Waals surface area contributed by atoms with Crippen molar-refractivity contribution in [2.24, 2.45) is 23.7 Å². The van der Waals surface area contributed by atoms with Gasteiger partial charge >= 0.3 is 0 Å². The lowest BCUT2D eigenvalue weighted by Gasteiger charge is -2.33. The van der Waals surface area contributed by atoms with Crippen LogP contribution < -0.4 is 0 Å². The van der Waals surface area contributed by atoms with Gasteiger partial charge in [-0.3, -0.25) is 0 Å². The molecule has 1 heteroatoms. The first-order chi connectivity index (χ1) is 15.7. The van der Waals surface area contributed by atoms with Crippen LogP contribution in [0.2, 0.25) is 0 Å². The molecule has 2 aromatic carbocycles. The monoisotopic (exact) mass is 432 g/mol. The molecule has 0 aliphatic heterocycles. The Morgan fingerprint density at radius 3 is 2.16 bits per heavy atom. The molecule has 0 heterocycles. The number of methoxy groups -OCH3 is 1. The second kappa shape index (κ2) is 12.0. The van der Waals surface area contributed by atoms with E-state index in [4.69, 9.17) is 4.74 Å². The highest BCUT2D eigenvalue weighted by Gasteiger charge is 2.26. The number of hydrogen-bond acceptors (Lipinski definition) is 1. The summed E-state index contributed by atoms with van der Waals surface area (Å²) in [4.78, 5) is 0. The van der Waals surface area contributed by atoms with Gasteiger partial charge in [-0.25, -0.2) is 0 Å². The molecule has 2 saturated carbocycles. The summed E-state index contributed by atoms with van der Waals surface area (Å²) in [6.45, 7) is 3.50. The third kappa shape index (κ3) is 6.25. The molecule has 0 bridgehead atoms.